The van der Waals surface area contributed by atoms with Gasteiger partial charge < -0.3 is 4.57 Å². The van der Waals surface area contributed by atoms with Crippen molar-refractivity contribution in [2.45, 2.75) is 45.9 Å². The van der Waals surface area contributed by atoms with Crippen LogP contribution in [-0.4, -0.2) is 25.8 Å². The number of nitrogens with zero attached hydrogens (tertiary/aromatic N) is 4. The van der Waals surface area contributed by atoms with Gasteiger partial charge in [-0.1, -0.05) is 0 Å². The van der Waals surface area contributed by atoms with Gasteiger partial charge in [-0.05, 0) is 56.4 Å². The lowest BCUT2D eigenvalue weighted by Crippen LogP contribution is -2.35. The Morgan fingerprint density at radius 3 is 3.00 bits per heavy atom. The van der Waals surface area contributed by atoms with Crippen molar-refractivity contribution in [1.82, 2.24) is 19.2 Å². The fraction of sp³-hybridized carbons (Fsp3) is 0.571. The maximum atomic E-state index is 5.51. The largest absolute Gasteiger partial charge is 0.304 e. The zero-order chi connectivity index (χ0) is 14.3. The molecule has 2 aromatic heterocycles. The van der Waals surface area contributed by atoms with E-state index in [-0.39, 0.29) is 0 Å². The Labute approximate surface area is 128 Å². The predicted octanol–water partition coefficient (Wildman–Crippen LogP) is 3.63. The SMILES string of the molecule is CC1c2ccsc2CCN1Cn1ncn(C(C)C)c1=S. The molecule has 3 heterocycles. The van der Waals surface area contributed by atoms with Gasteiger partial charge in [0, 0.05) is 23.5 Å². The van der Waals surface area contributed by atoms with E-state index in [4.69, 9.17) is 12.2 Å². The van der Waals surface area contributed by atoms with Gasteiger partial charge in [-0.15, -0.1) is 11.3 Å². The minimum absolute atomic E-state index is 0.360. The Hall–Kier alpha value is -0.980. The van der Waals surface area contributed by atoms with Crippen molar-refractivity contribution >= 4 is 23.6 Å². The Bertz CT molecular complexity index is 652. The molecule has 2 aromatic rings. The Morgan fingerprint density at radius 2 is 2.30 bits per heavy atom. The monoisotopic (exact) mass is 308 g/mol. The molecule has 0 bridgehead atoms. The van der Waals surface area contributed by atoms with Crippen molar-refractivity contribution in [2.75, 3.05) is 6.54 Å². The van der Waals surface area contributed by atoms with E-state index >= 15 is 0 Å². The molecule has 0 saturated carbocycles. The molecule has 1 atom stereocenters. The minimum atomic E-state index is 0.360. The van der Waals surface area contributed by atoms with Gasteiger partial charge in [0.1, 0.15) is 6.33 Å². The first-order chi connectivity index (χ1) is 9.58. The summed E-state index contributed by atoms with van der Waals surface area (Å²) in [6, 6.07) is 3.05. The first kappa shape index (κ1) is 14.0. The van der Waals surface area contributed by atoms with Crippen LogP contribution < -0.4 is 0 Å². The smallest absolute Gasteiger partial charge is 0.199 e. The first-order valence-corrected chi connectivity index (χ1v) is 8.31. The lowest BCUT2D eigenvalue weighted by Gasteiger charge is -2.33. The van der Waals surface area contributed by atoms with E-state index in [2.05, 4.69) is 42.2 Å². The van der Waals surface area contributed by atoms with E-state index in [0.717, 1.165) is 24.4 Å². The third-order valence-corrected chi connectivity index (χ3v) is 5.45. The molecule has 0 amide bonds. The summed E-state index contributed by atoms with van der Waals surface area (Å²) in [5.74, 6) is 0. The van der Waals surface area contributed by atoms with Crippen LogP contribution in [0.5, 0.6) is 0 Å². The Morgan fingerprint density at radius 1 is 1.50 bits per heavy atom. The normalized spacial score (nSPS) is 19.5. The van der Waals surface area contributed by atoms with Gasteiger partial charge >= 0.3 is 0 Å². The summed E-state index contributed by atoms with van der Waals surface area (Å²) >= 11 is 7.38. The van der Waals surface area contributed by atoms with Crippen molar-refractivity contribution in [1.29, 1.82) is 0 Å². The van der Waals surface area contributed by atoms with E-state index in [0.29, 0.717) is 12.1 Å². The molecule has 0 saturated heterocycles. The Balaban J connectivity index is 1.81. The number of aromatic nitrogens is 3. The Kier molecular flexibility index (Phi) is 3.79. The maximum Gasteiger partial charge on any atom is 0.199 e. The molecule has 6 heteroatoms. The van der Waals surface area contributed by atoms with Crippen LogP contribution in [0.1, 0.15) is 43.3 Å². The quantitative estimate of drug-likeness (QED) is 0.810. The fourth-order valence-electron chi connectivity index (χ4n) is 2.73. The molecule has 108 valence electrons. The van der Waals surface area contributed by atoms with E-state index in [1.807, 2.05) is 26.9 Å². The highest BCUT2D eigenvalue weighted by Gasteiger charge is 2.25. The average molecular weight is 308 g/mol. The topological polar surface area (TPSA) is 26.0 Å². The van der Waals surface area contributed by atoms with Crippen LogP contribution >= 0.6 is 23.6 Å². The molecular formula is C14H20N4S2. The molecule has 0 fully saturated rings. The number of hydrogen-bond acceptors (Lipinski definition) is 4. The predicted molar refractivity (Wildman–Crippen MR) is 84.6 cm³/mol. The van der Waals surface area contributed by atoms with Crippen LogP contribution in [0.3, 0.4) is 0 Å². The van der Waals surface area contributed by atoms with Crippen LogP contribution in [0.2, 0.25) is 0 Å². The summed E-state index contributed by atoms with van der Waals surface area (Å²) < 4.78 is 4.78. The molecule has 1 unspecified atom stereocenters. The zero-order valence-corrected chi connectivity index (χ0v) is 13.7. The van der Waals surface area contributed by atoms with Gasteiger partial charge in [-0.25, -0.2) is 4.68 Å². The summed E-state index contributed by atoms with van der Waals surface area (Å²) in [7, 11) is 0. The van der Waals surface area contributed by atoms with Crippen molar-refractivity contribution in [3.63, 3.8) is 0 Å². The lowest BCUT2D eigenvalue weighted by molar-refractivity contribution is 0.144. The second-order valence-electron chi connectivity index (χ2n) is 5.59. The highest BCUT2D eigenvalue weighted by atomic mass is 32.1. The van der Waals surface area contributed by atoms with Crippen molar-refractivity contribution in [2.24, 2.45) is 0 Å². The van der Waals surface area contributed by atoms with Gasteiger partial charge in [-0.3, -0.25) is 4.90 Å². The van der Waals surface area contributed by atoms with Crippen LogP contribution in [0.25, 0.3) is 0 Å². The van der Waals surface area contributed by atoms with Crippen LogP contribution in [0.4, 0.5) is 0 Å². The summed E-state index contributed by atoms with van der Waals surface area (Å²) in [5, 5.41) is 6.64. The van der Waals surface area contributed by atoms with Crippen LogP contribution in [0, 0.1) is 4.77 Å². The average Bonchev–Trinajstić information content (AvgIpc) is 3.01. The second-order valence-corrected chi connectivity index (χ2v) is 6.96. The lowest BCUT2D eigenvalue weighted by atomic mass is 10.0. The number of rotatable bonds is 3. The second kappa shape index (κ2) is 5.42. The molecule has 0 N–H and O–H groups in total. The molecule has 0 aliphatic carbocycles. The van der Waals surface area contributed by atoms with Crippen molar-refractivity contribution < 1.29 is 0 Å². The summed E-state index contributed by atoms with van der Waals surface area (Å²) in [4.78, 5) is 3.98. The molecule has 1 aliphatic rings. The van der Waals surface area contributed by atoms with Gasteiger partial charge in [-0.2, -0.15) is 5.10 Å². The molecule has 1 aliphatic heterocycles. The van der Waals surface area contributed by atoms with E-state index in [1.165, 1.54) is 10.4 Å². The number of thiophene rings is 1. The third kappa shape index (κ3) is 2.36. The third-order valence-electron chi connectivity index (χ3n) is 4.03. The molecule has 0 radical (unpaired) electrons. The fourth-order valence-corrected chi connectivity index (χ4v) is 4.05. The maximum absolute atomic E-state index is 5.51. The minimum Gasteiger partial charge on any atom is -0.304 e. The molecule has 0 aromatic carbocycles. The summed E-state index contributed by atoms with van der Waals surface area (Å²) in [6.07, 6.45) is 2.98. The first-order valence-electron chi connectivity index (χ1n) is 7.02. The molecule has 3 rings (SSSR count). The highest BCUT2D eigenvalue weighted by molar-refractivity contribution is 7.71. The number of hydrogen-bond donors (Lipinski definition) is 0. The van der Waals surface area contributed by atoms with E-state index < -0.39 is 0 Å². The molecule has 20 heavy (non-hydrogen) atoms. The van der Waals surface area contributed by atoms with Gasteiger partial charge in [0.15, 0.2) is 4.77 Å². The molecule has 4 nitrogen and oxygen atoms in total. The van der Waals surface area contributed by atoms with Crippen molar-refractivity contribution in [3.05, 3.63) is 33.0 Å². The van der Waals surface area contributed by atoms with Gasteiger partial charge in [0.2, 0.25) is 0 Å². The number of fused-ring (bicyclic) bond motifs is 1. The zero-order valence-electron chi connectivity index (χ0n) is 12.1. The standard InChI is InChI=1S/C14H20N4S2/c1-10(2)17-8-15-18(14(17)19)9-16-6-4-13-12(11(16)3)5-7-20-13/h5,7-8,10-11H,4,6,9H2,1-3H3. The van der Waals surface area contributed by atoms with Crippen LogP contribution in [0.15, 0.2) is 17.8 Å². The van der Waals surface area contributed by atoms with E-state index in [9.17, 15) is 0 Å². The van der Waals surface area contributed by atoms with Gasteiger partial charge in [0.25, 0.3) is 0 Å². The molecule has 0 spiro atoms. The van der Waals surface area contributed by atoms with E-state index in [1.54, 1.807) is 0 Å². The highest BCUT2D eigenvalue weighted by Crippen LogP contribution is 2.32. The van der Waals surface area contributed by atoms with Crippen LogP contribution in [-0.2, 0) is 13.1 Å². The van der Waals surface area contributed by atoms with Gasteiger partial charge in [0.05, 0.1) is 6.67 Å². The summed E-state index contributed by atoms with van der Waals surface area (Å²) in [6.45, 7) is 8.37. The van der Waals surface area contributed by atoms with Crippen molar-refractivity contribution in [3.8, 4) is 0 Å². The molecular weight excluding hydrogens is 288 g/mol. The summed E-state index contributed by atoms with van der Waals surface area (Å²) in [5.41, 5.74) is 1.47.